The molecule has 8 aromatic rings. The summed E-state index contributed by atoms with van der Waals surface area (Å²) in [7, 11) is 0. The zero-order chi connectivity index (χ0) is 39.0. The van der Waals surface area contributed by atoms with Crippen molar-refractivity contribution in [3.8, 4) is 33.9 Å². The first-order chi connectivity index (χ1) is 28.1. The summed E-state index contributed by atoms with van der Waals surface area (Å²) in [5.41, 5.74) is 8.79. The van der Waals surface area contributed by atoms with Gasteiger partial charge in [-0.25, -0.2) is 24.9 Å². The van der Waals surface area contributed by atoms with E-state index in [-0.39, 0.29) is 0 Å². The summed E-state index contributed by atoms with van der Waals surface area (Å²) in [4.78, 5) is 29.2. The lowest BCUT2D eigenvalue weighted by Crippen LogP contribution is -2.06. The molecule has 0 saturated carbocycles. The average molecular weight is 739 g/mol. The molecule has 0 aliphatic carbocycles. The van der Waals surface area contributed by atoms with Gasteiger partial charge in [-0.1, -0.05) is 158 Å². The molecule has 274 valence electrons. The molecule has 0 N–H and O–H groups in total. The van der Waals surface area contributed by atoms with E-state index in [9.17, 15) is 0 Å². The Morgan fingerprint density at radius 2 is 1.32 bits per heavy atom. The van der Waals surface area contributed by atoms with Gasteiger partial charge in [-0.15, -0.1) is 0 Å². The highest BCUT2D eigenvalue weighted by molar-refractivity contribution is 6.22. The van der Waals surface area contributed by atoms with Crippen LogP contribution in [0.25, 0.3) is 61.4 Å². The van der Waals surface area contributed by atoms with Crippen LogP contribution < -0.4 is 0 Å². The molecule has 2 heterocycles. The molecule has 2 aromatic heterocycles. The van der Waals surface area contributed by atoms with Crippen molar-refractivity contribution in [3.05, 3.63) is 205 Å². The molecule has 8 rings (SSSR count). The first kappa shape index (κ1) is 36.3. The van der Waals surface area contributed by atoms with Crippen molar-refractivity contribution < 1.29 is 4.42 Å². The van der Waals surface area contributed by atoms with Crippen LogP contribution in [0.5, 0.6) is 0 Å². The molecule has 0 radical (unpaired) electrons. The van der Waals surface area contributed by atoms with Gasteiger partial charge in [0.05, 0.1) is 6.54 Å². The van der Waals surface area contributed by atoms with Crippen LogP contribution in [-0.4, -0.2) is 33.3 Å². The number of allylic oxidation sites excluding steroid dienone is 5. The lowest BCUT2D eigenvalue weighted by atomic mass is 9.99. The zero-order valence-electron chi connectivity index (χ0n) is 31.5. The summed E-state index contributed by atoms with van der Waals surface area (Å²) in [6, 6.07) is 50.4. The largest absolute Gasteiger partial charge is 0.456 e. The van der Waals surface area contributed by atoms with Crippen molar-refractivity contribution in [2.45, 2.75) is 13.5 Å². The summed E-state index contributed by atoms with van der Waals surface area (Å²) < 4.78 is 6.40. The summed E-state index contributed by atoms with van der Waals surface area (Å²) in [6.07, 6.45) is 7.63. The Balaban J connectivity index is 1.22. The van der Waals surface area contributed by atoms with Crippen molar-refractivity contribution in [1.82, 2.24) is 15.0 Å². The fourth-order valence-electron chi connectivity index (χ4n) is 6.62. The van der Waals surface area contributed by atoms with Gasteiger partial charge in [0.1, 0.15) is 11.2 Å². The summed E-state index contributed by atoms with van der Waals surface area (Å²) in [5.74, 6) is 2.71. The quantitative estimate of drug-likeness (QED) is 0.0794. The number of rotatable bonds is 10. The van der Waals surface area contributed by atoms with Crippen LogP contribution in [0.4, 0.5) is 0 Å². The minimum atomic E-state index is 0.452. The summed E-state index contributed by atoms with van der Waals surface area (Å²) in [6.45, 7) is 10.4. The molecular formula is C50H38N6O. The average Bonchev–Trinajstić information content (AvgIpc) is 3.66. The first-order valence-electron chi connectivity index (χ1n) is 18.6. The van der Waals surface area contributed by atoms with Crippen molar-refractivity contribution in [1.29, 1.82) is 0 Å². The molecule has 0 bridgehead atoms. The number of aliphatic imine (C=N–C) groups is 3. The van der Waals surface area contributed by atoms with Gasteiger partial charge in [0.2, 0.25) is 0 Å². The minimum Gasteiger partial charge on any atom is -0.456 e. The summed E-state index contributed by atoms with van der Waals surface area (Å²) in [5, 5.41) is 1.83. The molecule has 0 spiro atoms. The van der Waals surface area contributed by atoms with Gasteiger partial charge in [0.25, 0.3) is 0 Å². The van der Waals surface area contributed by atoms with Crippen molar-refractivity contribution in [3.63, 3.8) is 0 Å². The molecule has 0 atom stereocenters. The number of nitrogens with zero attached hydrogens (tertiary/aromatic N) is 6. The van der Waals surface area contributed by atoms with Gasteiger partial charge in [-0.05, 0) is 54.6 Å². The number of benzene rings is 6. The van der Waals surface area contributed by atoms with Crippen molar-refractivity contribution >= 4 is 45.9 Å². The SMILES string of the molecule is C=C/C(=C\C=C/C)c1nc(-c2ccccc2)nc(-c2cccc(-c3ccc4oc5cccc(C(N=C)=NC(=NCc6ccccc6)c6ccccc6)c5c4c3)c2)n1. The number of hydrogen-bond donors (Lipinski definition) is 0. The van der Waals surface area contributed by atoms with Gasteiger partial charge in [-0.3, -0.25) is 4.99 Å². The maximum atomic E-state index is 6.40. The third-order valence-electron chi connectivity index (χ3n) is 9.45. The second-order valence-electron chi connectivity index (χ2n) is 13.2. The van der Waals surface area contributed by atoms with Crippen LogP contribution in [0.1, 0.15) is 29.4 Å². The van der Waals surface area contributed by atoms with Crippen LogP contribution in [0.2, 0.25) is 0 Å². The van der Waals surface area contributed by atoms with Gasteiger partial charge in [0, 0.05) is 38.6 Å². The Kier molecular flexibility index (Phi) is 10.7. The van der Waals surface area contributed by atoms with Gasteiger partial charge >= 0.3 is 0 Å². The topological polar surface area (TPSA) is 88.9 Å². The van der Waals surface area contributed by atoms with Crippen LogP contribution in [-0.2, 0) is 6.54 Å². The fourth-order valence-corrected chi connectivity index (χ4v) is 6.62. The fraction of sp³-hybridized carbons (Fsp3) is 0.0400. The Labute approximate surface area is 331 Å². The maximum Gasteiger partial charge on any atom is 0.164 e. The van der Waals surface area contributed by atoms with E-state index < -0.39 is 0 Å². The van der Waals surface area contributed by atoms with E-state index in [0.717, 1.165) is 66.5 Å². The van der Waals surface area contributed by atoms with E-state index in [0.29, 0.717) is 35.7 Å². The number of hydrogen-bond acceptors (Lipinski definition) is 5. The highest BCUT2D eigenvalue weighted by Crippen LogP contribution is 2.36. The molecule has 0 unspecified atom stereocenters. The Morgan fingerprint density at radius 1 is 0.649 bits per heavy atom. The molecule has 0 saturated heterocycles. The van der Waals surface area contributed by atoms with Gasteiger partial charge < -0.3 is 4.42 Å². The van der Waals surface area contributed by atoms with E-state index in [1.165, 1.54) is 0 Å². The number of amidine groups is 2. The van der Waals surface area contributed by atoms with Crippen LogP contribution in [0, 0.1) is 0 Å². The second kappa shape index (κ2) is 16.8. The van der Waals surface area contributed by atoms with Crippen LogP contribution in [0.3, 0.4) is 0 Å². The van der Waals surface area contributed by atoms with Gasteiger partial charge in [-0.2, -0.15) is 0 Å². The monoisotopic (exact) mass is 738 g/mol. The van der Waals surface area contributed by atoms with E-state index in [1.807, 2.05) is 140 Å². The predicted octanol–water partition coefficient (Wildman–Crippen LogP) is 12.0. The Hall–Kier alpha value is -7.64. The lowest BCUT2D eigenvalue weighted by molar-refractivity contribution is 0.669. The predicted molar refractivity (Wildman–Crippen MR) is 236 cm³/mol. The molecule has 0 amide bonds. The number of aromatic nitrogens is 3. The number of fused-ring (bicyclic) bond motifs is 3. The molecule has 57 heavy (non-hydrogen) atoms. The molecule has 0 aliphatic heterocycles. The molecule has 0 fully saturated rings. The number of furan rings is 1. The normalized spacial score (nSPS) is 12.4. The van der Waals surface area contributed by atoms with E-state index in [4.69, 9.17) is 29.4 Å². The van der Waals surface area contributed by atoms with Crippen molar-refractivity contribution in [2.75, 3.05) is 0 Å². The standard InChI is InChI=1S/C50H38N6O/c1-4-6-20-35(5-2)47-54-48(37-23-14-9-15-24-37)56-49(55-47)40-26-16-25-38(31-40)39-29-30-43-42(32-39)45-41(27-17-28-44(45)57-43)50(51-3)53-46(36-21-12-8-13-22-36)52-33-34-18-10-7-11-19-34/h4-32H,2-3,33H2,1H3/b6-4-,35-20+,52-46?,53-50?. The zero-order valence-corrected chi connectivity index (χ0v) is 31.5. The van der Waals surface area contributed by atoms with Crippen molar-refractivity contribution in [2.24, 2.45) is 15.0 Å². The molecular weight excluding hydrogens is 701 g/mol. The highest BCUT2D eigenvalue weighted by Gasteiger charge is 2.18. The third kappa shape index (κ3) is 7.95. The lowest BCUT2D eigenvalue weighted by Gasteiger charge is -2.10. The van der Waals surface area contributed by atoms with Crippen LogP contribution >= 0.6 is 0 Å². The smallest absolute Gasteiger partial charge is 0.164 e. The van der Waals surface area contributed by atoms with Gasteiger partial charge in [0.15, 0.2) is 29.1 Å². The third-order valence-corrected chi connectivity index (χ3v) is 9.45. The highest BCUT2D eigenvalue weighted by atomic mass is 16.3. The minimum absolute atomic E-state index is 0.452. The Bertz CT molecular complexity index is 2850. The molecule has 6 aromatic carbocycles. The van der Waals surface area contributed by atoms with E-state index in [1.54, 1.807) is 6.08 Å². The summed E-state index contributed by atoms with van der Waals surface area (Å²) >= 11 is 0. The Morgan fingerprint density at radius 3 is 2.05 bits per heavy atom. The van der Waals surface area contributed by atoms with Crippen LogP contribution in [0.15, 0.2) is 202 Å². The molecule has 0 aliphatic rings. The first-order valence-corrected chi connectivity index (χ1v) is 18.6. The molecule has 7 heteroatoms. The molecule has 7 nitrogen and oxygen atoms in total. The second-order valence-corrected chi connectivity index (χ2v) is 13.2. The van der Waals surface area contributed by atoms with E-state index in [2.05, 4.69) is 54.7 Å². The van der Waals surface area contributed by atoms with E-state index >= 15 is 0 Å². The maximum absolute atomic E-state index is 6.40.